The zero-order valence-corrected chi connectivity index (χ0v) is 12.5. The first-order chi connectivity index (χ1) is 10.2. The van der Waals surface area contributed by atoms with Crippen molar-refractivity contribution in [3.63, 3.8) is 0 Å². The van der Waals surface area contributed by atoms with E-state index in [2.05, 4.69) is 5.32 Å². The molecule has 0 aliphatic carbocycles. The van der Waals surface area contributed by atoms with Crippen LogP contribution in [0.4, 0.5) is 0 Å². The minimum Gasteiger partial charge on any atom is -0.465 e. The van der Waals surface area contributed by atoms with E-state index in [0.717, 1.165) is 11.1 Å². The molecule has 0 aliphatic rings. The second-order valence-electron chi connectivity index (χ2n) is 4.89. The van der Waals surface area contributed by atoms with Crippen LogP contribution in [0.1, 0.15) is 37.1 Å². The Hall–Kier alpha value is -2.13. The zero-order valence-electron chi connectivity index (χ0n) is 12.5. The van der Waals surface area contributed by atoms with Gasteiger partial charge in [0.05, 0.1) is 6.61 Å². The van der Waals surface area contributed by atoms with Crippen LogP contribution in [0.5, 0.6) is 0 Å². The molecule has 2 aromatic carbocycles. The van der Waals surface area contributed by atoms with Crippen LogP contribution in [0.2, 0.25) is 0 Å². The number of hydrogen-bond donors (Lipinski definition) is 1. The van der Waals surface area contributed by atoms with E-state index in [1.165, 1.54) is 0 Å². The minimum atomic E-state index is -0.457. The molecule has 2 unspecified atom stereocenters. The SMILES string of the molecule is CCOC(=O)C(NC(C)c1ccccc1)c1ccccc1. The van der Waals surface area contributed by atoms with Crippen molar-refractivity contribution >= 4 is 5.97 Å². The average molecular weight is 283 g/mol. The molecule has 3 heteroatoms. The van der Waals surface area contributed by atoms with Crippen molar-refractivity contribution < 1.29 is 9.53 Å². The number of nitrogens with one attached hydrogen (secondary N) is 1. The summed E-state index contributed by atoms with van der Waals surface area (Å²) in [7, 11) is 0. The maximum Gasteiger partial charge on any atom is 0.327 e. The molecule has 0 bridgehead atoms. The van der Waals surface area contributed by atoms with Crippen molar-refractivity contribution in [1.29, 1.82) is 0 Å². The second-order valence-corrected chi connectivity index (χ2v) is 4.89. The fourth-order valence-corrected chi connectivity index (χ4v) is 2.26. The molecule has 110 valence electrons. The standard InChI is InChI=1S/C18H21NO2/c1-3-21-18(20)17(16-12-8-5-9-13-16)19-14(2)15-10-6-4-7-11-15/h4-14,17,19H,3H2,1-2H3. The van der Waals surface area contributed by atoms with Crippen LogP contribution in [0.25, 0.3) is 0 Å². The van der Waals surface area contributed by atoms with Crippen LogP contribution in [-0.4, -0.2) is 12.6 Å². The van der Waals surface area contributed by atoms with Gasteiger partial charge in [-0.2, -0.15) is 0 Å². The summed E-state index contributed by atoms with van der Waals surface area (Å²) in [6.07, 6.45) is 0. The fraction of sp³-hybridized carbons (Fsp3) is 0.278. The zero-order chi connectivity index (χ0) is 15.1. The Kier molecular flexibility index (Phi) is 5.52. The molecule has 0 spiro atoms. The molecule has 0 aromatic heterocycles. The molecule has 0 aliphatic heterocycles. The van der Waals surface area contributed by atoms with E-state index in [1.807, 2.05) is 74.5 Å². The topological polar surface area (TPSA) is 38.3 Å². The smallest absolute Gasteiger partial charge is 0.327 e. The van der Waals surface area contributed by atoms with Gasteiger partial charge in [-0.3, -0.25) is 5.32 Å². The van der Waals surface area contributed by atoms with Gasteiger partial charge in [0.25, 0.3) is 0 Å². The predicted molar refractivity (Wildman–Crippen MR) is 83.8 cm³/mol. The van der Waals surface area contributed by atoms with E-state index in [4.69, 9.17) is 4.74 Å². The van der Waals surface area contributed by atoms with E-state index < -0.39 is 6.04 Å². The molecule has 0 heterocycles. The van der Waals surface area contributed by atoms with Crippen LogP contribution in [0.3, 0.4) is 0 Å². The molecule has 0 amide bonds. The van der Waals surface area contributed by atoms with Crippen molar-refractivity contribution in [3.05, 3.63) is 71.8 Å². The summed E-state index contributed by atoms with van der Waals surface area (Å²) >= 11 is 0. The lowest BCUT2D eigenvalue weighted by atomic mass is 10.0. The van der Waals surface area contributed by atoms with Gasteiger partial charge < -0.3 is 4.74 Å². The lowest BCUT2D eigenvalue weighted by Gasteiger charge is -2.22. The Bertz CT molecular complexity index is 554. The first-order valence-electron chi connectivity index (χ1n) is 7.25. The van der Waals surface area contributed by atoms with Gasteiger partial charge in [-0.25, -0.2) is 4.79 Å². The Morgan fingerprint density at radius 3 is 2.05 bits per heavy atom. The van der Waals surface area contributed by atoms with Crippen LogP contribution in [-0.2, 0) is 9.53 Å². The molecule has 1 N–H and O–H groups in total. The Balaban J connectivity index is 2.18. The number of hydrogen-bond acceptors (Lipinski definition) is 3. The number of carbonyl (C=O) groups excluding carboxylic acids is 1. The predicted octanol–water partition coefficient (Wildman–Crippen LogP) is 3.64. The molecule has 0 saturated carbocycles. The third-order valence-corrected chi connectivity index (χ3v) is 3.37. The molecule has 21 heavy (non-hydrogen) atoms. The van der Waals surface area contributed by atoms with Gasteiger partial charge in [0.15, 0.2) is 0 Å². The molecular formula is C18H21NO2. The molecule has 2 rings (SSSR count). The van der Waals surface area contributed by atoms with Gasteiger partial charge in [-0.1, -0.05) is 60.7 Å². The molecule has 3 nitrogen and oxygen atoms in total. The summed E-state index contributed by atoms with van der Waals surface area (Å²) < 4.78 is 5.19. The molecular weight excluding hydrogens is 262 g/mol. The average Bonchev–Trinajstić information content (AvgIpc) is 2.54. The number of ether oxygens (including phenoxy) is 1. The highest BCUT2D eigenvalue weighted by Gasteiger charge is 2.23. The Labute approximate surface area is 126 Å². The van der Waals surface area contributed by atoms with Crippen molar-refractivity contribution in [1.82, 2.24) is 5.32 Å². The highest BCUT2D eigenvalue weighted by molar-refractivity contribution is 5.77. The van der Waals surface area contributed by atoms with E-state index >= 15 is 0 Å². The maximum atomic E-state index is 12.2. The Morgan fingerprint density at radius 2 is 1.52 bits per heavy atom. The monoisotopic (exact) mass is 283 g/mol. The normalized spacial score (nSPS) is 13.4. The number of benzene rings is 2. The number of esters is 1. The largest absolute Gasteiger partial charge is 0.465 e. The van der Waals surface area contributed by atoms with Gasteiger partial charge >= 0.3 is 5.97 Å². The lowest BCUT2D eigenvalue weighted by molar-refractivity contribution is -0.146. The minimum absolute atomic E-state index is 0.0563. The van der Waals surface area contributed by atoms with E-state index in [-0.39, 0.29) is 12.0 Å². The van der Waals surface area contributed by atoms with E-state index in [0.29, 0.717) is 6.61 Å². The maximum absolute atomic E-state index is 12.2. The summed E-state index contributed by atoms with van der Waals surface area (Å²) in [6, 6.07) is 19.3. The third-order valence-electron chi connectivity index (χ3n) is 3.37. The lowest BCUT2D eigenvalue weighted by Crippen LogP contribution is -2.32. The molecule has 2 aromatic rings. The van der Waals surface area contributed by atoms with Crippen molar-refractivity contribution in [2.24, 2.45) is 0 Å². The van der Waals surface area contributed by atoms with Crippen LogP contribution in [0, 0.1) is 0 Å². The van der Waals surface area contributed by atoms with Gasteiger partial charge in [-0.05, 0) is 25.0 Å². The van der Waals surface area contributed by atoms with Gasteiger partial charge in [0, 0.05) is 6.04 Å². The van der Waals surface area contributed by atoms with Gasteiger partial charge in [-0.15, -0.1) is 0 Å². The van der Waals surface area contributed by atoms with E-state index in [1.54, 1.807) is 0 Å². The molecule has 0 fully saturated rings. The highest BCUT2D eigenvalue weighted by atomic mass is 16.5. The second kappa shape index (κ2) is 7.60. The van der Waals surface area contributed by atoms with Gasteiger partial charge in [0.1, 0.15) is 6.04 Å². The number of carbonyl (C=O) groups is 1. The first kappa shape index (κ1) is 15.3. The fourth-order valence-electron chi connectivity index (χ4n) is 2.26. The third kappa shape index (κ3) is 4.17. The summed E-state index contributed by atoms with van der Waals surface area (Å²) in [4.78, 5) is 12.2. The molecule has 2 atom stereocenters. The van der Waals surface area contributed by atoms with Gasteiger partial charge in [0.2, 0.25) is 0 Å². The highest BCUT2D eigenvalue weighted by Crippen LogP contribution is 2.20. The van der Waals surface area contributed by atoms with E-state index in [9.17, 15) is 4.79 Å². The molecule has 0 radical (unpaired) electrons. The first-order valence-corrected chi connectivity index (χ1v) is 7.25. The quantitative estimate of drug-likeness (QED) is 0.823. The summed E-state index contributed by atoms with van der Waals surface area (Å²) in [5.41, 5.74) is 2.06. The van der Waals surface area contributed by atoms with Crippen molar-refractivity contribution in [2.75, 3.05) is 6.61 Å². The van der Waals surface area contributed by atoms with Crippen molar-refractivity contribution in [3.8, 4) is 0 Å². The Morgan fingerprint density at radius 1 is 1.00 bits per heavy atom. The van der Waals surface area contributed by atoms with Crippen LogP contribution < -0.4 is 5.32 Å². The number of rotatable bonds is 6. The summed E-state index contributed by atoms with van der Waals surface area (Å²) in [5, 5.41) is 3.36. The summed E-state index contributed by atoms with van der Waals surface area (Å²) in [6.45, 7) is 4.24. The summed E-state index contributed by atoms with van der Waals surface area (Å²) in [5.74, 6) is -0.244. The molecule has 0 saturated heterocycles. The van der Waals surface area contributed by atoms with Crippen LogP contribution >= 0.6 is 0 Å². The van der Waals surface area contributed by atoms with Crippen molar-refractivity contribution in [2.45, 2.75) is 25.9 Å². The van der Waals surface area contributed by atoms with Crippen LogP contribution in [0.15, 0.2) is 60.7 Å².